The van der Waals surface area contributed by atoms with Crippen LogP contribution in [-0.2, 0) is 4.79 Å². The first kappa shape index (κ1) is 14.2. The number of carbonyl (C=O) groups is 1. The predicted octanol–water partition coefficient (Wildman–Crippen LogP) is 1.35. The van der Waals surface area contributed by atoms with Gasteiger partial charge in [-0.1, -0.05) is 12.1 Å². The number of rotatable bonds is 3. The maximum Gasteiger partial charge on any atom is 0.244 e. The first-order valence-corrected chi connectivity index (χ1v) is 7.78. The maximum absolute atomic E-state index is 12.3. The molecule has 0 radical (unpaired) electrons. The first-order valence-electron chi connectivity index (χ1n) is 7.78. The molecule has 0 bridgehead atoms. The van der Waals surface area contributed by atoms with Crippen LogP contribution in [0.2, 0.25) is 0 Å². The maximum atomic E-state index is 12.3. The van der Waals surface area contributed by atoms with Gasteiger partial charge in [-0.15, -0.1) is 0 Å². The van der Waals surface area contributed by atoms with E-state index in [2.05, 4.69) is 27.9 Å². The summed E-state index contributed by atoms with van der Waals surface area (Å²) in [5, 5.41) is 9.72. The molecule has 3 N–H and O–H groups in total. The molecule has 114 valence electrons. The van der Waals surface area contributed by atoms with Gasteiger partial charge >= 0.3 is 0 Å². The fourth-order valence-corrected chi connectivity index (χ4v) is 3.01. The van der Waals surface area contributed by atoms with Gasteiger partial charge < -0.3 is 20.9 Å². The predicted molar refractivity (Wildman–Crippen MR) is 85.6 cm³/mol. The van der Waals surface area contributed by atoms with Gasteiger partial charge in [0.05, 0.1) is 11.4 Å². The van der Waals surface area contributed by atoms with E-state index in [1.807, 2.05) is 24.3 Å². The van der Waals surface area contributed by atoms with Crippen LogP contribution in [0.1, 0.15) is 12.8 Å². The number of benzene rings is 1. The van der Waals surface area contributed by atoms with Crippen LogP contribution in [0, 0.1) is 5.92 Å². The summed E-state index contributed by atoms with van der Waals surface area (Å²) in [5.41, 5.74) is 2.07. The number of hydrogen-bond donors (Lipinski definition) is 3. The van der Waals surface area contributed by atoms with Crippen LogP contribution in [0.3, 0.4) is 0 Å². The average Bonchev–Trinajstić information content (AvgIpc) is 2.53. The normalized spacial score (nSPS) is 22.8. The second kappa shape index (κ2) is 6.35. The fraction of sp³-hybridized carbons (Fsp3) is 0.562. The fourth-order valence-electron chi connectivity index (χ4n) is 3.01. The lowest BCUT2D eigenvalue weighted by molar-refractivity contribution is -0.121. The minimum absolute atomic E-state index is 0.0935. The molecule has 1 atom stereocenters. The minimum Gasteiger partial charge on any atom is -0.381 e. The Morgan fingerprint density at radius 3 is 2.76 bits per heavy atom. The monoisotopic (exact) mass is 288 g/mol. The summed E-state index contributed by atoms with van der Waals surface area (Å²) in [6.07, 6.45) is 2.35. The third-order valence-electron chi connectivity index (χ3n) is 4.47. The molecule has 1 unspecified atom stereocenters. The molecule has 1 aromatic carbocycles. The molecule has 0 aliphatic carbocycles. The van der Waals surface area contributed by atoms with Crippen LogP contribution < -0.4 is 16.0 Å². The lowest BCUT2D eigenvalue weighted by Gasteiger charge is -2.30. The number of nitrogens with one attached hydrogen (secondary N) is 3. The van der Waals surface area contributed by atoms with Crippen molar-refractivity contribution in [1.29, 1.82) is 0 Å². The summed E-state index contributed by atoms with van der Waals surface area (Å²) in [5.74, 6) is 0.713. The average molecular weight is 288 g/mol. The van der Waals surface area contributed by atoms with Crippen LogP contribution in [-0.4, -0.2) is 50.1 Å². The zero-order valence-corrected chi connectivity index (χ0v) is 12.6. The molecular weight excluding hydrogens is 264 g/mol. The summed E-state index contributed by atoms with van der Waals surface area (Å²) < 4.78 is 0. The quantitative estimate of drug-likeness (QED) is 0.786. The highest BCUT2D eigenvalue weighted by Gasteiger charge is 2.24. The van der Waals surface area contributed by atoms with Gasteiger partial charge in [-0.25, -0.2) is 0 Å². The molecule has 2 heterocycles. The third-order valence-corrected chi connectivity index (χ3v) is 4.47. The second-order valence-corrected chi connectivity index (χ2v) is 6.12. The highest BCUT2D eigenvalue weighted by molar-refractivity contribution is 5.88. The van der Waals surface area contributed by atoms with Crippen molar-refractivity contribution in [3.63, 3.8) is 0 Å². The van der Waals surface area contributed by atoms with Crippen molar-refractivity contribution in [2.24, 2.45) is 5.92 Å². The third kappa shape index (κ3) is 3.47. The van der Waals surface area contributed by atoms with E-state index in [-0.39, 0.29) is 11.9 Å². The zero-order valence-electron chi connectivity index (χ0n) is 12.6. The van der Waals surface area contributed by atoms with E-state index < -0.39 is 0 Å². The SMILES string of the molecule is CN1CCC(CNC(=O)C2CNc3ccccc3N2)CC1. The van der Waals surface area contributed by atoms with Crippen molar-refractivity contribution in [3.8, 4) is 0 Å². The smallest absolute Gasteiger partial charge is 0.244 e. The van der Waals surface area contributed by atoms with E-state index in [1.165, 1.54) is 12.8 Å². The van der Waals surface area contributed by atoms with Gasteiger partial charge in [0.15, 0.2) is 0 Å². The van der Waals surface area contributed by atoms with Crippen LogP contribution in [0.4, 0.5) is 11.4 Å². The molecule has 5 heteroatoms. The molecule has 3 rings (SSSR count). The van der Waals surface area contributed by atoms with Gasteiger partial charge in [0.2, 0.25) is 5.91 Å². The Balaban J connectivity index is 1.48. The van der Waals surface area contributed by atoms with Crippen molar-refractivity contribution >= 4 is 17.3 Å². The van der Waals surface area contributed by atoms with E-state index in [0.29, 0.717) is 12.5 Å². The molecule has 0 saturated carbocycles. The first-order chi connectivity index (χ1) is 10.2. The van der Waals surface area contributed by atoms with Gasteiger partial charge in [0, 0.05) is 13.1 Å². The number of anilines is 2. The Hall–Kier alpha value is -1.75. The Kier molecular flexibility index (Phi) is 4.29. The van der Waals surface area contributed by atoms with Gasteiger partial charge in [0.1, 0.15) is 6.04 Å². The summed E-state index contributed by atoms with van der Waals surface area (Å²) in [7, 11) is 2.16. The Bertz CT molecular complexity index is 497. The lowest BCUT2D eigenvalue weighted by atomic mass is 9.97. The molecule has 2 aliphatic rings. The van der Waals surface area contributed by atoms with E-state index in [1.54, 1.807) is 0 Å². The number of nitrogens with zero attached hydrogens (tertiary/aromatic N) is 1. The van der Waals surface area contributed by atoms with Crippen LogP contribution in [0.25, 0.3) is 0 Å². The van der Waals surface area contributed by atoms with Gasteiger partial charge in [-0.3, -0.25) is 4.79 Å². The van der Waals surface area contributed by atoms with E-state index in [9.17, 15) is 4.79 Å². The molecule has 0 aromatic heterocycles. The van der Waals surface area contributed by atoms with Crippen molar-refractivity contribution in [3.05, 3.63) is 24.3 Å². The van der Waals surface area contributed by atoms with Crippen molar-refractivity contribution in [2.75, 3.05) is 43.9 Å². The van der Waals surface area contributed by atoms with Crippen LogP contribution >= 0.6 is 0 Å². The Labute approximate surface area is 126 Å². The topological polar surface area (TPSA) is 56.4 Å². The summed E-state index contributed by atoms with van der Waals surface area (Å²) in [4.78, 5) is 14.6. The van der Waals surface area contributed by atoms with Crippen LogP contribution in [0.5, 0.6) is 0 Å². The highest BCUT2D eigenvalue weighted by Crippen LogP contribution is 2.25. The molecule has 1 fully saturated rings. The zero-order chi connectivity index (χ0) is 14.7. The lowest BCUT2D eigenvalue weighted by Crippen LogP contribution is -2.47. The van der Waals surface area contributed by atoms with Gasteiger partial charge in [-0.05, 0) is 51.0 Å². The minimum atomic E-state index is -0.189. The molecule has 0 spiro atoms. The van der Waals surface area contributed by atoms with Gasteiger partial charge in [0.25, 0.3) is 0 Å². The summed E-state index contributed by atoms with van der Waals surface area (Å²) in [6, 6.07) is 7.81. The standard InChI is InChI=1S/C16H24N4O/c1-20-8-6-12(7-9-20)10-18-16(21)15-11-17-13-4-2-3-5-14(13)19-15/h2-5,12,15,17,19H,6-11H2,1H3,(H,18,21). The molecule has 5 nitrogen and oxygen atoms in total. The number of hydrogen-bond acceptors (Lipinski definition) is 4. The summed E-state index contributed by atoms with van der Waals surface area (Å²) in [6.45, 7) is 3.71. The molecule has 21 heavy (non-hydrogen) atoms. The second-order valence-electron chi connectivity index (χ2n) is 6.12. The van der Waals surface area contributed by atoms with E-state index in [0.717, 1.165) is 31.0 Å². The van der Waals surface area contributed by atoms with Crippen molar-refractivity contribution in [1.82, 2.24) is 10.2 Å². The number of amides is 1. The molecular formula is C16H24N4O. The number of likely N-dealkylation sites (tertiary alicyclic amines) is 1. The molecule has 1 amide bonds. The Morgan fingerprint density at radius 1 is 1.29 bits per heavy atom. The largest absolute Gasteiger partial charge is 0.381 e. The summed E-state index contributed by atoms with van der Waals surface area (Å²) >= 11 is 0. The van der Waals surface area contributed by atoms with Crippen LogP contribution in [0.15, 0.2) is 24.3 Å². The van der Waals surface area contributed by atoms with Gasteiger partial charge in [-0.2, -0.15) is 0 Å². The Morgan fingerprint density at radius 2 is 2.00 bits per heavy atom. The number of fused-ring (bicyclic) bond motifs is 1. The number of carbonyl (C=O) groups excluding carboxylic acids is 1. The van der Waals surface area contributed by atoms with E-state index >= 15 is 0 Å². The van der Waals surface area contributed by atoms with Crippen molar-refractivity contribution < 1.29 is 4.79 Å². The number of piperidine rings is 1. The number of para-hydroxylation sites is 2. The molecule has 2 aliphatic heterocycles. The molecule has 1 saturated heterocycles. The molecule has 1 aromatic rings. The van der Waals surface area contributed by atoms with Crippen molar-refractivity contribution in [2.45, 2.75) is 18.9 Å². The van der Waals surface area contributed by atoms with E-state index in [4.69, 9.17) is 0 Å². The highest BCUT2D eigenvalue weighted by atomic mass is 16.2.